The number of esters is 1. The zero-order valence-corrected chi connectivity index (χ0v) is 20.7. The highest BCUT2D eigenvalue weighted by Gasteiger charge is 2.20. The van der Waals surface area contributed by atoms with Crippen LogP contribution in [0.2, 0.25) is 5.02 Å². The van der Waals surface area contributed by atoms with Crippen LogP contribution in [-0.2, 0) is 9.53 Å². The molecule has 198 valence electrons. The van der Waals surface area contributed by atoms with Gasteiger partial charge < -0.3 is 19.5 Å². The molecule has 0 aliphatic heterocycles. The van der Waals surface area contributed by atoms with E-state index in [0.717, 1.165) is 32.1 Å². The van der Waals surface area contributed by atoms with Crippen molar-refractivity contribution in [2.75, 3.05) is 6.61 Å². The van der Waals surface area contributed by atoms with Crippen LogP contribution in [0.3, 0.4) is 0 Å². The SMILES string of the molecule is O=C(COC(=O)c1cc(-c2ccc(C=Cc3[nH]c(=O)[nH]c(=O)c3[N+](=O)[O-])o2)ccc1Cl)NC1CCCCC1. The van der Waals surface area contributed by atoms with Crippen LogP contribution in [-0.4, -0.2) is 39.4 Å². The van der Waals surface area contributed by atoms with E-state index in [0.29, 0.717) is 11.3 Å². The number of nitrogens with one attached hydrogen (secondary N) is 3. The molecule has 1 amide bonds. The first kappa shape index (κ1) is 26.6. The summed E-state index contributed by atoms with van der Waals surface area (Å²) < 4.78 is 10.9. The third kappa shape index (κ3) is 6.45. The number of aromatic amines is 2. The molecule has 13 heteroatoms. The van der Waals surface area contributed by atoms with Crippen molar-refractivity contribution >= 4 is 41.3 Å². The topological polar surface area (TPSA) is 177 Å². The van der Waals surface area contributed by atoms with E-state index in [-0.39, 0.29) is 34.0 Å². The minimum absolute atomic E-state index is 0.0415. The highest BCUT2D eigenvalue weighted by molar-refractivity contribution is 6.33. The molecule has 1 fully saturated rings. The second kappa shape index (κ2) is 11.7. The van der Waals surface area contributed by atoms with Crippen molar-refractivity contribution in [1.82, 2.24) is 15.3 Å². The van der Waals surface area contributed by atoms with Crippen molar-refractivity contribution < 1.29 is 23.7 Å². The van der Waals surface area contributed by atoms with Gasteiger partial charge in [0.2, 0.25) is 0 Å². The first-order chi connectivity index (χ1) is 18.2. The van der Waals surface area contributed by atoms with Gasteiger partial charge in [0.1, 0.15) is 17.2 Å². The highest BCUT2D eigenvalue weighted by atomic mass is 35.5. The largest absolute Gasteiger partial charge is 0.457 e. The molecular weight excluding hydrogens is 520 g/mol. The van der Waals surface area contributed by atoms with Gasteiger partial charge in [-0.25, -0.2) is 9.59 Å². The van der Waals surface area contributed by atoms with Gasteiger partial charge in [-0.3, -0.25) is 24.7 Å². The summed E-state index contributed by atoms with van der Waals surface area (Å²) in [7, 11) is 0. The summed E-state index contributed by atoms with van der Waals surface area (Å²) in [6.45, 7) is -0.428. The quantitative estimate of drug-likeness (QED) is 0.219. The van der Waals surface area contributed by atoms with Gasteiger partial charge in [-0.2, -0.15) is 0 Å². The lowest BCUT2D eigenvalue weighted by molar-refractivity contribution is -0.386. The molecule has 3 N–H and O–H groups in total. The second-order valence-corrected chi connectivity index (χ2v) is 9.04. The molecule has 1 aliphatic rings. The zero-order chi connectivity index (χ0) is 27.2. The second-order valence-electron chi connectivity index (χ2n) is 8.64. The number of hydrogen-bond donors (Lipinski definition) is 3. The summed E-state index contributed by atoms with van der Waals surface area (Å²) >= 11 is 6.18. The number of aromatic nitrogens is 2. The number of nitro groups is 1. The van der Waals surface area contributed by atoms with Gasteiger partial charge in [0, 0.05) is 11.6 Å². The molecule has 3 aromatic rings. The van der Waals surface area contributed by atoms with Crippen molar-refractivity contribution in [3.8, 4) is 11.3 Å². The van der Waals surface area contributed by atoms with E-state index >= 15 is 0 Å². The maximum absolute atomic E-state index is 12.6. The fraction of sp³-hybridized carbons (Fsp3) is 0.280. The maximum Gasteiger partial charge on any atom is 0.357 e. The number of benzene rings is 1. The molecule has 1 aromatic carbocycles. The van der Waals surface area contributed by atoms with E-state index in [1.165, 1.54) is 24.3 Å². The van der Waals surface area contributed by atoms with Gasteiger partial charge in [0.15, 0.2) is 6.61 Å². The summed E-state index contributed by atoms with van der Waals surface area (Å²) in [5.41, 5.74) is -2.63. The smallest absolute Gasteiger partial charge is 0.357 e. The third-order valence-corrected chi connectivity index (χ3v) is 6.27. The Kier molecular flexibility index (Phi) is 8.22. The lowest BCUT2D eigenvalue weighted by atomic mass is 9.95. The van der Waals surface area contributed by atoms with Crippen LogP contribution in [0.15, 0.2) is 44.3 Å². The molecule has 0 bridgehead atoms. The molecular formula is C25H23ClN4O8. The molecule has 0 unspecified atom stereocenters. The molecule has 2 aromatic heterocycles. The van der Waals surface area contributed by atoms with Crippen molar-refractivity contribution in [3.63, 3.8) is 0 Å². The van der Waals surface area contributed by atoms with Crippen molar-refractivity contribution in [2.24, 2.45) is 0 Å². The number of halogens is 1. The van der Waals surface area contributed by atoms with Gasteiger partial charge in [0.25, 0.3) is 5.91 Å². The predicted molar refractivity (Wildman–Crippen MR) is 138 cm³/mol. The Bertz CT molecular complexity index is 1510. The fourth-order valence-corrected chi connectivity index (χ4v) is 4.32. The highest BCUT2D eigenvalue weighted by Crippen LogP contribution is 2.28. The number of H-pyrrole nitrogens is 2. The van der Waals surface area contributed by atoms with Crippen molar-refractivity contribution in [1.29, 1.82) is 0 Å². The van der Waals surface area contributed by atoms with E-state index in [1.54, 1.807) is 23.2 Å². The standard InChI is InChI=1S/C25H23ClN4O8/c26-18-9-6-14(12-17(18)24(33)37-13-21(31)27-15-4-2-1-3-5-15)20-11-8-16(38-20)7-10-19-22(30(35)36)23(32)29-25(34)28-19/h6-12,15H,1-5,13H2,(H,27,31)(H2,28,29,32,34). The van der Waals surface area contributed by atoms with E-state index < -0.39 is 34.4 Å². The van der Waals surface area contributed by atoms with Gasteiger partial charge in [-0.1, -0.05) is 30.9 Å². The Hall–Kier alpha value is -4.45. The Morgan fingerprint density at radius 1 is 1.13 bits per heavy atom. The van der Waals surface area contributed by atoms with Gasteiger partial charge in [-0.15, -0.1) is 0 Å². The third-order valence-electron chi connectivity index (χ3n) is 5.94. The fourth-order valence-electron chi connectivity index (χ4n) is 4.12. The molecule has 0 spiro atoms. The lowest BCUT2D eigenvalue weighted by Crippen LogP contribution is -2.38. The number of hydrogen-bond acceptors (Lipinski definition) is 8. The number of furan rings is 1. The monoisotopic (exact) mass is 542 g/mol. The first-order valence-corrected chi connectivity index (χ1v) is 12.1. The molecule has 38 heavy (non-hydrogen) atoms. The molecule has 0 saturated heterocycles. The molecule has 1 saturated carbocycles. The Morgan fingerprint density at radius 3 is 2.63 bits per heavy atom. The van der Waals surface area contributed by atoms with Gasteiger partial charge in [-0.05, 0) is 55.3 Å². The van der Waals surface area contributed by atoms with E-state index in [1.807, 2.05) is 0 Å². The van der Waals surface area contributed by atoms with Crippen LogP contribution in [0.25, 0.3) is 23.5 Å². The number of carbonyl (C=O) groups excluding carboxylic acids is 2. The van der Waals surface area contributed by atoms with E-state index in [9.17, 15) is 29.3 Å². The van der Waals surface area contributed by atoms with Crippen molar-refractivity contribution in [2.45, 2.75) is 38.1 Å². The molecule has 2 heterocycles. The first-order valence-electron chi connectivity index (χ1n) is 11.8. The van der Waals surface area contributed by atoms with E-state index in [2.05, 4.69) is 10.3 Å². The van der Waals surface area contributed by atoms with Gasteiger partial charge >= 0.3 is 22.9 Å². The van der Waals surface area contributed by atoms with Gasteiger partial charge in [0.05, 0.1) is 15.5 Å². The minimum atomic E-state index is -1.13. The van der Waals surface area contributed by atoms with Crippen LogP contribution in [0, 0.1) is 10.1 Å². The number of rotatable bonds is 8. The summed E-state index contributed by atoms with van der Waals surface area (Å²) in [5.74, 6) is -0.567. The Labute approximate surface area is 219 Å². The normalized spacial score (nSPS) is 13.9. The lowest BCUT2D eigenvalue weighted by Gasteiger charge is -2.22. The van der Waals surface area contributed by atoms with Crippen LogP contribution >= 0.6 is 11.6 Å². The number of amides is 1. The molecule has 4 rings (SSSR count). The van der Waals surface area contributed by atoms with Crippen molar-refractivity contribution in [3.05, 3.63) is 83.3 Å². The number of carbonyl (C=O) groups is 2. The summed E-state index contributed by atoms with van der Waals surface area (Å²) in [6.07, 6.45) is 7.59. The molecule has 0 radical (unpaired) electrons. The van der Waals surface area contributed by atoms with E-state index in [4.69, 9.17) is 20.8 Å². The summed E-state index contributed by atoms with van der Waals surface area (Å²) in [5, 5.41) is 14.2. The Morgan fingerprint density at radius 2 is 1.89 bits per heavy atom. The summed E-state index contributed by atoms with van der Waals surface area (Å²) in [4.78, 5) is 62.3. The predicted octanol–water partition coefficient (Wildman–Crippen LogP) is 3.66. The van der Waals surface area contributed by atoms with Crippen LogP contribution in [0.1, 0.15) is 53.9 Å². The number of nitrogens with zero attached hydrogens (tertiary/aromatic N) is 1. The molecule has 0 atom stereocenters. The van der Waals surface area contributed by atoms with Crippen LogP contribution in [0.5, 0.6) is 0 Å². The number of ether oxygens (including phenoxy) is 1. The van der Waals surface area contributed by atoms with Crippen LogP contribution in [0.4, 0.5) is 5.69 Å². The minimum Gasteiger partial charge on any atom is -0.457 e. The molecule has 1 aliphatic carbocycles. The zero-order valence-electron chi connectivity index (χ0n) is 20.0. The Balaban J connectivity index is 1.46. The summed E-state index contributed by atoms with van der Waals surface area (Å²) in [6, 6.07) is 7.78. The average molecular weight is 543 g/mol. The average Bonchev–Trinajstić information content (AvgIpc) is 3.35. The van der Waals surface area contributed by atoms with Crippen LogP contribution < -0.4 is 16.6 Å². The maximum atomic E-state index is 12.6. The molecule has 12 nitrogen and oxygen atoms in total.